The molecule has 19 heteroatoms. The summed E-state index contributed by atoms with van der Waals surface area (Å²) in [5.74, 6) is -1.54. The second kappa shape index (κ2) is 14.0. The smallest absolute Gasteiger partial charge is 0.422 e. The number of nitrogen functional groups attached to an aromatic ring is 1. The van der Waals surface area contributed by atoms with E-state index in [1.54, 1.807) is 6.20 Å². The van der Waals surface area contributed by atoms with Crippen LogP contribution in [0.1, 0.15) is 12.0 Å². The van der Waals surface area contributed by atoms with Crippen LogP contribution in [-0.2, 0) is 27.9 Å². The van der Waals surface area contributed by atoms with Gasteiger partial charge in [0.05, 0.1) is 35.5 Å². The van der Waals surface area contributed by atoms with Crippen molar-refractivity contribution in [2.45, 2.75) is 25.0 Å². The maximum Gasteiger partial charge on any atom is 0.422 e. The highest BCUT2D eigenvalue weighted by molar-refractivity contribution is 5.89. The van der Waals surface area contributed by atoms with E-state index in [9.17, 15) is 24.0 Å². The lowest BCUT2D eigenvalue weighted by molar-refractivity contribution is -0.140. The van der Waals surface area contributed by atoms with E-state index in [1.807, 2.05) is 0 Å². The molecule has 0 spiro atoms. The molecule has 1 fully saturated rings. The van der Waals surface area contributed by atoms with Gasteiger partial charge in [-0.05, 0) is 29.6 Å². The van der Waals surface area contributed by atoms with Crippen molar-refractivity contribution in [3.8, 4) is 5.75 Å². The van der Waals surface area contributed by atoms with Crippen LogP contribution in [-0.4, -0.2) is 87.8 Å². The fourth-order valence-electron chi connectivity index (χ4n) is 5.17. The Morgan fingerprint density at radius 3 is 2.87 bits per heavy atom. The number of amides is 2. The molecule has 4 aromatic rings. The number of benzene rings is 1. The highest BCUT2D eigenvalue weighted by atomic mass is 16.5. The van der Waals surface area contributed by atoms with Gasteiger partial charge in [-0.1, -0.05) is 5.11 Å². The van der Waals surface area contributed by atoms with Crippen LogP contribution < -0.4 is 38.0 Å². The Kier molecular flexibility index (Phi) is 9.65. The number of hydrogen-bond donors (Lipinski definition) is 5. The van der Waals surface area contributed by atoms with E-state index in [0.717, 1.165) is 10.1 Å². The second-order valence-electron chi connectivity index (χ2n) is 10.4. The minimum Gasteiger partial charge on any atom is -0.484 e. The average Bonchev–Trinajstić information content (AvgIpc) is 3.64. The fourth-order valence-corrected chi connectivity index (χ4v) is 5.17. The summed E-state index contributed by atoms with van der Waals surface area (Å²) in [6.45, 7) is 1.17. The first-order chi connectivity index (χ1) is 22.2. The average molecular weight is 638 g/mol. The van der Waals surface area contributed by atoms with Gasteiger partial charge in [-0.3, -0.25) is 23.9 Å². The summed E-state index contributed by atoms with van der Waals surface area (Å²) < 4.78 is 17.0. The van der Waals surface area contributed by atoms with Crippen molar-refractivity contribution >= 4 is 39.7 Å². The third kappa shape index (κ3) is 7.01. The fraction of sp³-hybridized carbons (Fsp3) is 0.407. The third-order valence-electron chi connectivity index (χ3n) is 7.41. The first-order valence-electron chi connectivity index (χ1n) is 14.2. The summed E-state index contributed by atoms with van der Waals surface area (Å²) in [7, 11) is 1.43. The highest BCUT2D eigenvalue weighted by Gasteiger charge is 2.39. The molecule has 5 rings (SSSR count). The molecule has 1 aliphatic heterocycles. The molecule has 4 heterocycles. The van der Waals surface area contributed by atoms with Crippen LogP contribution >= 0.6 is 0 Å². The number of nitrogens with zero attached hydrogens (tertiary/aromatic N) is 6. The van der Waals surface area contributed by atoms with Crippen molar-refractivity contribution in [2.75, 3.05) is 45.2 Å². The number of aromatic amines is 2. The summed E-state index contributed by atoms with van der Waals surface area (Å²) in [6.07, 6.45) is 1.82. The lowest BCUT2D eigenvalue weighted by atomic mass is 10.1. The van der Waals surface area contributed by atoms with E-state index in [0.29, 0.717) is 30.7 Å². The van der Waals surface area contributed by atoms with Crippen molar-refractivity contribution in [3.63, 3.8) is 0 Å². The predicted molar refractivity (Wildman–Crippen MR) is 163 cm³/mol. The molecular formula is C27H31N11O8. The molecule has 0 bridgehead atoms. The second-order valence-corrected chi connectivity index (χ2v) is 10.4. The van der Waals surface area contributed by atoms with Gasteiger partial charge in [0.15, 0.2) is 6.61 Å². The number of H-pyrrole nitrogens is 2. The number of ether oxygens (including phenoxy) is 2. The zero-order valence-electron chi connectivity index (χ0n) is 24.6. The molecule has 1 aliphatic rings. The summed E-state index contributed by atoms with van der Waals surface area (Å²) >= 11 is 0. The van der Waals surface area contributed by atoms with E-state index in [1.165, 1.54) is 30.1 Å². The molecule has 0 radical (unpaired) electrons. The van der Waals surface area contributed by atoms with E-state index in [-0.39, 0.29) is 54.3 Å². The number of carbonyl (C=O) groups excluding carboxylic acids is 2. The van der Waals surface area contributed by atoms with Gasteiger partial charge < -0.3 is 40.1 Å². The molecule has 1 saturated heterocycles. The Balaban J connectivity index is 1.08. The largest absolute Gasteiger partial charge is 0.484 e. The quantitative estimate of drug-likeness (QED) is 0.0525. The van der Waals surface area contributed by atoms with Gasteiger partial charge in [-0.15, -0.1) is 0 Å². The van der Waals surface area contributed by atoms with Crippen LogP contribution in [0.25, 0.3) is 32.4 Å². The van der Waals surface area contributed by atoms with Gasteiger partial charge in [0, 0.05) is 50.4 Å². The van der Waals surface area contributed by atoms with Crippen LogP contribution in [0, 0.1) is 0 Å². The number of aromatic nitrogens is 4. The molecule has 2 atom stereocenters. The Morgan fingerprint density at radius 2 is 2.07 bits per heavy atom. The Labute approximate surface area is 258 Å². The molecule has 242 valence electrons. The van der Waals surface area contributed by atoms with Gasteiger partial charge in [0.25, 0.3) is 11.5 Å². The predicted octanol–water partition coefficient (Wildman–Crippen LogP) is -0.780. The number of hydrogen-bond acceptors (Lipinski definition) is 12. The maximum absolute atomic E-state index is 13.1. The van der Waals surface area contributed by atoms with Crippen molar-refractivity contribution < 1.29 is 23.5 Å². The summed E-state index contributed by atoms with van der Waals surface area (Å²) in [5, 5.41) is 10.2. The molecule has 19 nitrogen and oxygen atoms in total. The lowest BCUT2D eigenvalue weighted by Crippen LogP contribution is -2.48. The number of aryl methyl sites for hydroxylation is 1. The van der Waals surface area contributed by atoms with Crippen LogP contribution in [0.5, 0.6) is 5.75 Å². The molecule has 3 aromatic heterocycles. The third-order valence-corrected chi connectivity index (χ3v) is 7.41. The molecule has 1 aromatic carbocycles. The Bertz CT molecular complexity index is 1990. The SMILES string of the molecule is Cn1c(=O)oc(=O)c2ccc(OCC(=O)N3C[C@@H](N=[N+]=[N-])C[C@H]3C(=O)NCCOCCNCc3c[nH]c4nc(N)[nH]c(=O)c34)cc21. The van der Waals surface area contributed by atoms with Crippen LogP contribution in [0.2, 0.25) is 0 Å². The zero-order chi connectivity index (χ0) is 32.8. The number of fused-ring (bicyclic) bond motifs is 2. The van der Waals surface area contributed by atoms with E-state index in [2.05, 4.69) is 40.0 Å². The van der Waals surface area contributed by atoms with Crippen molar-refractivity contribution in [1.29, 1.82) is 0 Å². The normalized spacial score (nSPS) is 16.1. The minimum absolute atomic E-state index is 0.0303. The summed E-state index contributed by atoms with van der Waals surface area (Å²) in [4.78, 5) is 75.6. The summed E-state index contributed by atoms with van der Waals surface area (Å²) in [6, 6.07) is 2.83. The van der Waals surface area contributed by atoms with Gasteiger partial charge in [-0.25, -0.2) is 9.59 Å². The van der Waals surface area contributed by atoms with E-state index >= 15 is 0 Å². The number of nitrogens with one attached hydrogen (secondary N) is 4. The van der Waals surface area contributed by atoms with Gasteiger partial charge in [0.2, 0.25) is 11.9 Å². The van der Waals surface area contributed by atoms with Crippen LogP contribution in [0.15, 0.2) is 48.3 Å². The molecule has 0 aliphatic carbocycles. The number of rotatable bonds is 13. The number of nitrogens with two attached hydrogens (primary N) is 1. The van der Waals surface area contributed by atoms with Crippen LogP contribution in [0.4, 0.5) is 5.95 Å². The van der Waals surface area contributed by atoms with Crippen LogP contribution in [0.3, 0.4) is 0 Å². The zero-order valence-corrected chi connectivity index (χ0v) is 24.6. The summed E-state index contributed by atoms with van der Waals surface area (Å²) in [5.41, 5.74) is 14.7. The molecule has 0 saturated carbocycles. The lowest BCUT2D eigenvalue weighted by Gasteiger charge is -2.24. The number of azide groups is 1. The molecule has 6 N–H and O–H groups in total. The number of carbonyl (C=O) groups is 2. The Morgan fingerprint density at radius 1 is 1.26 bits per heavy atom. The standard InChI is InChI=1S/C27H31N11O8/c1-37-18-9-16(2-3-17(18)25(42)46-27(37)43)45-13-20(39)38-12-15(35-36-29)8-19(38)23(40)31-5-7-44-6-4-30-10-14-11-32-22-21(14)24(41)34-26(28)33-22/h2-3,9,11,15,19,30H,4-8,10,12-13H2,1H3,(H,31,40)(H4,28,32,33,34,41)/t15-,19-/m0/s1. The molecule has 46 heavy (non-hydrogen) atoms. The molecule has 2 amide bonds. The molecule has 0 unspecified atom stereocenters. The van der Waals surface area contributed by atoms with Crippen molar-refractivity contribution in [3.05, 3.63) is 71.7 Å². The number of anilines is 1. The Hall–Kier alpha value is -5.65. The van der Waals surface area contributed by atoms with E-state index in [4.69, 9.17) is 20.7 Å². The number of likely N-dealkylation sites (tertiary alicyclic amines) is 1. The van der Waals surface area contributed by atoms with Gasteiger partial charge >= 0.3 is 11.4 Å². The minimum atomic E-state index is -0.889. The highest BCUT2D eigenvalue weighted by Crippen LogP contribution is 2.22. The maximum atomic E-state index is 13.1. The van der Waals surface area contributed by atoms with Crippen molar-refractivity contribution in [1.82, 2.24) is 35.1 Å². The van der Waals surface area contributed by atoms with E-state index < -0.39 is 41.9 Å². The molecular weight excluding hydrogens is 606 g/mol. The monoisotopic (exact) mass is 637 g/mol. The van der Waals surface area contributed by atoms with Crippen molar-refractivity contribution in [2.24, 2.45) is 12.2 Å². The van der Waals surface area contributed by atoms with Gasteiger partial charge in [-0.2, -0.15) is 4.98 Å². The topological polar surface area (TPSA) is 268 Å². The first kappa shape index (κ1) is 31.8. The van der Waals surface area contributed by atoms with Gasteiger partial charge in [0.1, 0.15) is 17.4 Å². The first-order valence-corrected chi connectivity index (χ1v) is 14.2.